The Labute approximate surface area is 260 Å². The Morgan fingerprint density at radius 2 is 1.82 bits per heavy atom. The van der Waals surface area contributed by atoms with E-state index in [0.29, 0.717) is 5.69 Å². The summed E-state index contributed by atoms with van der Waals surface area (Å²) in [6.45, 7) is 3.97. The molecule has 2 heterocycles. The molecule has 0 bridgehead atoms. The molecule has 4 aromatic rings. The minimum absolute atomic E-state index is 0.0190. The number of carbonyl (C=O) groups is 2. The predicted octanol–water partition coefficient (Wildman–Crippen LogP) is 6.39. The number of anilines is 1. The van der Waals surface area contributed by atoms with Gasteiger partial charge in [-0.2, -0.15) is 13.2 Å². The Morgan fingerprint density at radius 1 is 1.11 bits per heavy atom. The van der Waals surface area contributed by atoms with Crippen LogP contribution in [0.5, 0.6) is 0 Å². The standard InChI is InChI=1S/C34H37F3N4O4/c1-21-17-41(22(2)19-42)32(43)31-30(27-14-7-8-15-28(27)40(31)4)26-13-6-5-10-23(26)20-45-29(21)18-39(3)33(44)38-25-12-9-11-24(16-25)34(35,36)37/h5-16,21-22,29,42H,17-20H2,1-4H3,(H,38,44)/t21-,22-,29+/m0/s1. The van der Waals surface area contributed by atoms with E-state index < -0.39 is 29.9 Å². The lowest BCUT2D eigenvalue weighted by Gasteiger charge is -2.35. The average molecular weight is 623 g/mol. The van der Waals surface area contributed by atoms with Crippen molar-refractivity contribution in [2.45, 2.75) is 38.8 Å². The molecule has 1 aliphatic rings. The number of urea groups is 1. The lowest BCUT2D eigenvalue weighted by molar-refractivity contribution is -0.137. The minimum Gasteiger partial charge on any atom is -0.394 e. The second-order valence-corrected chi connectivity index (χ2v) is 11.7. The lowest BCUT2D eigenvalue weighted by Crippen LogP contribution is -2.48. The zero-order valence-electron chi connectivity index (χ0n) is 25.6. The summed E-state index contributed by atoms with van der Waals surface area (Å²) in [4.78, 5) is 30.6. The van der Waals surface area contributed by atoms with Gasteiger partial charge in [0.25, 0.3) is 5.91 Å². The van der Waals surface area contributed by atoms with Crippen LogP contribution < -0.4 is 5.32 Å². The van der Waals surface area contributed by atoms with E-state index in [0.717, 1.165) is 39.7 Å². The van der Waals surface area contributed by atoms with Crippen molar-refractivity contribution in [1.82, 2.24) is 14.4 Å². The maximum Gasteiger partial charge on any atom is 0.416 e. The first-order valence-corrected chi connectivity index (χ1v) is 14.8. The number of aryl methyl sites for hydroxylation is 1. The van der Waals surface area contributed by atoms with Crippen molar-refractivity contribution in [3.8, 4) is 11.1 Å². The van der Waals surface area contributed by atoms with Crippen LogP contribution in [0.1, 0.15) is 35.5 Å². The van der Waals surface area contributed by atoms with Crippen molar-refractivity contribution in [2.24, 2.45) is 13.0 Å². The number of hydrogen-bond acceptors (Lipinski definition) is 4. The van der Waals surface area contributed by atoms with Crippen molar-refractivity contribution in [3.05, 3.63) is 89.6 Å². The predicted molar refractivity (Wildman–Crippen MR) is 167 cm³/mol. The van der Waals surface area contributed by atoms with Crippen LogP contribution in [0, 0.1) is 5.92 Å². The summed E-state index contributed by atoms with van der Waals surface area (Å²) < 4.78 is 48.0. The number of benzene rings is 3. The number of alkyl halides is 3. The van der Waals surface area contributed by atoms with Gasteiger partial charge < -0.3 is 29.5 Å². The summed E-state index contributed by atoms with van der Waals surface area (Å²) in [6.07, 6.45) is -5.10. The molecular formula is C34H37F3N4O4. The number of nitrogens with one attached hydrogen (secondary N) is 1. The normalized spacial score (nSPS) is 18.1. The SMILES string of the molecule is C[C@H]1CN([C@@H](C)CO)C(=O)c2c(c3ccccc3n2C)-c2ccccc2CO[C@@H]1CN(C)C(=O)Nc1cccc(C(F)(F)F)c1. The van der Waals surface area contributed by atoms with Gasteiger partial charge in [-0.1, -0.05) is 55.5 Å². The Kier molecular flexibility index (Phi) is 9.22. The van der Waals surface area contributed by atoms with Gasteiger partial charge in [0.1, 0.15) is 5.69 Å². The van der Waals surface area contributed by atoms with Crippen LogP contribution in [0.4, 0.5) is 23.7 Å². The van der Waals surface area contributed by atoms with E-state index in [9.17, 15) is 27.9 Å². The van der Waals surface area contributed by atoms with Crippen molar-refractivity contribution >= 4 is 28.5 Å². The number of aliphatic hydroxyl groups excluding tert-OH is 1. The number of rotatable bonds is 5. The van der Waals surface area contributed by atoms with Crippen LogP contribution in [0.25, 0.3) is 22.0 Å². The molecular weight excluding hydrogens is 585 g/mol. The van der Waals surface area contributed by atoms with E-state index in [-0.39, 0.29) is 43.8 Å². The molecule has 0 unspecified atom stereocenters. The lowest BCUT2D eigenvalue weighted by atomic mass is 9.96. The topological polar surface area (TPSA) is 87.0 Å². The van der Waals surface area contributed by atoms with Crippen molar-refractivity contribution in [3.63, 3.8) is 0 Å². The van der Waals surface area contributed by atoms with Crippen LogP contribution in [-0.2, 0) is 24.6 Å². The number of hydrogen-bond donors (Lipinski definition) is 2. The van der Waals surface area contributed by atoms with Gasteiger partial charge in [0, 0.05) is 55.3 Å². The summed E-state index contributed by atoms with van der Waals surface area (Å²) in [7, 11) is 3.41. The van der Waals surface area contributed by atoms with Gasteiger partial charge in [0.05, 0.1) is 30.9 Å². The minimum atomic E-state index is -4.54. The van der Waals surface area contributed by atoms with Crippen LogP contribution in [0.2, 0.25) is 0 Å². The third-order valence-corrected chi connectivity index (χ3v) is 8.47. The monoisotopic (exact) mass is 622 g/mol. The summed E-state index contributed by atoms with van der Waals surface area (Å²) in [5.74, 6) is -0.529. The second kappa shape index (κ2) is 12.9. The van der Waals surface area contributed by atoms with Gasteiger partial charge in [0.15, 0.2) is 0 Å². The zero-order chi connectivity index (χ0) is 32.5. The molecule has 0 spiro atoms. The smallest absolute Gasteiger partial charge is 0.394 e. The number of ether oxygens (including phenoxy) is 1. The molecule has 8 nitrogen and oxygen atoms in total. The Bertz CT molecular complexity index is 1700. The van der Waals surface area contributed by atoms with E-state index in [2.05, 4.69) is 5.32 Å². The molecule has 0 saturated carbocycles. The van der Waals surface area contributed by atoms with Crippen molar-refractivity contribution in [2.75, 3.05) is 32.1 Å². The van der Waals surface area contributed by atoms with Crippen LogP contribution in [0.3, 0.4) is 0 Å². The van der Waals surface area contributed by atoms with Crippen molar-refractivity contribution in [1.29, 1.82) is 0 Å². The molecule has 5 rings (SSSR count). The second-order valence-electron chi connectivity index (χ2n) is 11.7. The molecule has 11 heteroatoms. The third-order valence-electron chi connectivity index (χ3n) is 8.47. The van der Waals surface area contributed by atoms with Gasteiger partial charge in [-0.25, -0.2) is 4.79 Å². The molecule has 0 fully saturated rings. The van der Waals surface area contributed by atoms with Crippen LogP contribution >= 0.6 is 0 Å². The Hall–Kier alpha value is -4.35. The molecule has 3 amide bonds. The molecule has 3 aromatic carbocycles. The summed E-state index contributed by atoms with van der Waals surface area (Å²) in [5, 5.41) is 13.6. The van der Waals surface area contributed by atoms with Gasteiger partial charge in [-0.05, 0) is 42.3 Å². The Balaban J connectivity index is 1.49. The van der Waals surface area contributed by atoms with Crippen LogP contribution in [-0.4, -0.2) is 70.3 Å². The largest absolute Gasteiger partial charge is 0.416 e. The number of nitrogens with zero attached hydrogens (tertiary/aromatic N) is 3. The van der Waals surface area contributed by atoms with E-state index in [1.165, 1.54) is 17.0 Å². The number of carbonyl (C=O) groups excluding carboxylic acids is 2. The number of aromatic nitrogens is 1. The van der Waals surface area contributed by atoms with Gasteiger partial charge in [0.2, 0.25) is 0 Å². The summed E-state index contributed by atoms with van der Waals surface area (Å²) in [6, 6.07) is 18.9. The number of halogens is 3. The molecule has 238 valence electrons. The fourth-order valence-electron chi connectivity index (χ4n) is 5.87. The molecule has 3 atom stereocenters. The maximum atomic E-state index is 14.4. The molecule has 0 saturated heterocycles. The fourth-order valence-corrected chi connectivity index (χ4v) is 5.87. The van der Waals surface area contributed by atoms with Gasteiger partial charge in [-0.15, -0.1) is 0 Å². The first-order chi connectivity index (χ1) is 21.4. The highest BCUT2D eigenvalue weighted by Gasteiger charge is 2.34. The number of amides is 3. The highest BCUT2D eigenvalue weighted by atomic mass is 19.4. The summed E-state index contributed by atoms with van der Waals surface area (Å²) in [5.41, 5.74) is 3.06. The quantitative estimate of drug-likeness (QED) is 0.270. The highest BCUT2D eigenvalue weighted by Crippen LogP contribution is 2.38. The zero-order valence-corrected chi connectivity index (χ0v) is 25.6. The fraction of sp³-hybridized carbons (Fsp3) is 0.353. The van der Waals surface area contributed by atoms with E-state index in [1.54, 1.807) is 18.9 Å². The van der Waals surface area contributed by atoms with E-state index >= 15 is 0 Å². The molecule has 2 N–H and O–H groups in total. The molecule has 1 aliphatic heterocycles. The Morgan fingerprint density at radius 3 is 2.56 bits per heavy atom. The molecule has 45 heavy (non-hydrogen) atoms. The van der Waals surface area contributed by atoms with Gasteiger partial charge >= 0.3 is 12.2 Å². The van der Waals surface area contributed by atoms with Crippen LogP contribution in [0.15, 0.2) is 72.8 Å². The highest BCUT2D eigenvalue weighted by molar-refractivity contribution is 6.10. The maximum absolute atomic E-state index is 14.4. The first-order valence-electron chi connectivity index (χ1n) is 14.8. The first kappa shape index (κ1) is 32.1. The molecule has 0 radical (unpaired) electrons. The third kappa shape index (κ3) is 6.55. The summed E-state index contributed by atoms with van der Waals surface area (Å²) >= 11 is 0. The van der Waals surface area contributed by atoms with Crippen molar-refractivity contribution < 1.29 is 32.6 Å². The number of fused-ring (bicyclic) bond motifs is 5. The number of aliphatic hydroxyl groups is 1. The molecule has 1 aromatic heterocycles. The number of likely N-dealkylation sites (N-methyl/N-ethyl adjacent to an activating group) is 1. The number of para-hydroxylation sites is 1. The van der Waals surface area contributed by atoms with E-state index in [1.807, 2.05) is 67.1 Å². The molecule has 0 aliphatic carbocycles. The average Bonchev–Trinajstić information content (AvgIpc) is 3.31. The van der Waals surface area contributed by atoms with Gasteiger partial charge in [-0.3, -0.25) is 4.79 Å². The van der Waals surface area contributed by atoms with E-state index in [4.69, 9.17) is 4.74 Å².